The number of halogens is 1. The van der Waals surface area contributed by atoms with Crippen LogP contribution in [-0.4, -0.2) is 45.2 Å². The van der Waals surface area contributed by atoms with Gasteiger partial charge >= 0.3 is 5.97 Å². The van der Waals surface area contributed by atoms with Crippen LogP contribution in [0.25, 0.3) is 0 Å². The number of carbonyl (C=O) groups excluding carboxylic acids is 1. The third-order valence-corrected chi connectivity index (χ3v) is 3.72. The highest BCUT2D eigenvalue weighted by Crippen LogP contribution is 2.15. The van der Waals surface area contributed by atoms with Crippen molar-refractivity contribution < 1.29 is 32.2 Å². The third kappa shape index (κ3) is 5.10. The number of primary amides is 1. The van der Waals surface area contributed by atoms with E-state index in [2.05, 4.69) is 4.72 Å². The minimum Gasteiger partial charge on any atom is -0.478 e. The first-order valence-corrected chi connectivity index (χ1v) is 7.11. The fourth-order valence-corrected chi connectivity index (χ4v) is 2.38. The highest BCUT2D eigenvalue weighted by Gasteiger charge is 2.18. The fraction of sp³-hybridized carbons (Fsp3) is 0.273. The van der Waals surface area contributed by atoms with Gasteiger partial charge in [0.1, 0.15) is 12.4 Å². The Morgan fingerprint density at radius 3 is 2.62 bits per heavy atom. The van der Waals surface area contributed by atoms with Crippen molar-refractivity contribution in [3.8, 4) is 0 Å². The van der Waals surface area contributed by atoms with Gasteiger partial charge < -0.3 is 15.6 Å². The first kappa shape index (κ1) is 17.0. The van der Waals surface area contributed by atoms with E-state index >= 15 is 0 Å². The van der Waals surface area contributed by atoms with Crippen LogP contribution < -0.4 is 10.5 Å². The van der Waals surface area contributed by atoms with E-state index < -0.39 is 38.2 Å². The lowest BCUT2D eigenvalue weighted by molar-refractivity contribution is -0.122. The Morgan fingerprint density at radius 2 is 2.05 bits per heavy atom. The molecule has 1 aromatic carbocycles. The lowest BCUT2D eigenvalue weighted by Crippen LogP contribution is -2.29. The van der Waals surface area contributed by atoms with Crippen LogP contribution in [0.2, 0.25) is 0 Å². The summed E-state index contributed by atoms with van der Waals surface area (Å²) in [5.41, 5.74) is 4.07. The summed E-state index contributed by atoms with van der Waals surface area (Å²) in [7, 11) is -4.01. The Balaban J connectivity index is 2.72. The van der Waals surface area contributed by atoms with Gasteiger partial charge in [0.05, 0.1) is 17.1 Å². The van der Waals surface area contributed by atoms with E-state index in [1.165, 1.54) is 0 Å². The van der Waals surface area contributed by atoms with E-state index in [0.29, 0.717) is 6.07 Å². The molecule has 0 atom stereocenters. The maximum absolute atomic E-state index is 13.2. The summed E-state index contributed by atoms with van der Waals surface area (Å²) in [6.07, 6.45) is 0. The molecule has 4 N–H and O–H groups in total. The molecule has 0 aliphatic heterocycles. The van der Waals surface area contributed by atoms with E-state index in [1.807, 2.05) is 0 Å². The number of hydrogen-bond donors (Lipinski definition) is 3. The normalized spacial score (nSPS) is 11.3. The zero-order valence-corrected chi connectivity index (χ0v) is 11.5. The van der Waals surface area contributed by atoms with Gasteiger partial charge in [0.15, 0.2) is 0 Å². The van der Waals surface area contributed by atoms with E-state index in [0.717, 1.165) is 12.1 Å². The molecule has 0 unspecified atom stereocenters. The van der Waals surface area contributed by atoms with Gasteiger partial charge in [0.2, 0.25) is 15.9 Å². The molecule has 1 rings (SSSR count). The predicted molar refractivity (Wildman–Crippen MR) is 68.6 cm³/mol. The molecule has 116 valence electrons. The maximum atomic E-state index is 13.2. The highest BCUT2D eigenvalue weighted by molar-refractivity contribution is 7.89. The number of hydrogen-bond acceptors (Lipinski definition) is 5. The monoisotopic (exact) mass is 320 g/mol. The molecule has 21 heavy (non-hydrogen) atoms. The number of aromatic carboxylic acids is 1. The lowest BCUT2D eigenvalue weighted by atomic mass is 10.2. The van der Waals surface area contributed by atoms with Crippen molar-refractivity contribution in [1.82, 2.24) is 4.72 Å². The van der Waals surface area contributed by atoms with Gasteiger partial charge in [-0.25, -0.2) is 22.3 Å². The second-order valence-electron chi connectivity index (χ2n) is 3.86. The Bertz CT molecular complexity index is 646. The first-order chi connectivity index (χ1) is 9.74. The number of benzene rings is 1. The van der Waals surface area contributed by atoms with Gasteiger partial charge in [0.25, 0.3) is 0 Å². The number of amides is 1. The summed E-state index contributed by atoms with van der Waals surface area (Å²) in [4.78, 5) is 20.7. The molecule has 0 fully saturated rings. The number of nitrogens with one attached hydrogen (secondary N) is 1. The van der Waals surface area contributed by atoms with Gasteiger partial charge in [-0.1, -0.05) is 0 Å². The average Bonchev–Trinajstić information content (AvgIpc) is 2.37. The summed E-state index contributed by atoms with van der Waals surface area (Å²) in [5.74, 6) is -3.30. The molecule has 1 aromatic rings. The molecule has 8 nitrogen and oxygen atoms in total. The van der Waals surface area contributed by atoms with Crippen LogP contribution in [0.5, 0.6) is 0 Å². The van der Waals surface area contributed by atoms with Crippen LogP contribution >= 0.6 is 0 Å². The van der Waals surface area contributed by atoms with Crippen LogP contribution in [-0.2, 0) is 19.6 Å². The number of sulfonamides is 1. The number of carbonyl (C=O) groups is 2. The SMILES string of the molecule is NC(=O)COCCNS(=O)(=O)c1ccc(F)c(C(=O)O)c1. The second kappa shape index (κ2) is 7.11. The molecule has 0 bridgehead atoms. The molecule has 0 aromatic heterocycles. The molecule has 0 saturated carbocycles. The van der Waals surface area contributed by atoms with Crippen LogP contribution in [0.1, 0.15) is 10.4 Å². The Kier molecular flexibility index (Phi) is 5.76. The quantitative estimate of drug-likeness (QED) is 0.542. The molecule has 0 saturated heterocycles. The zero-order valence-electron chi connectivity index (χ0n) is 10.7. The standard InChI is InChI=1S/C11H13FN2O6S/c12-9-2-1-7(5-8(9)11(16)17)21(18,19)14-3-4-20-6-10(13)15/h1-2,5,14H,3-4,6H2,(H2,13,15)(H,16,17). The Morgan fingerprint density at radius 1 is 1.38 bits per heavy atom. The van der Waals surface area contributed by atoms with Gasteiger partial charge in [-0.2, -0.15) is 0 Å². The predicted octanol–water partition coefficient (Wildman–Crippen LogP) is -0.696. The van der Waals surface area contributed by atoms with Gasteiger partial charge in [-0.15, -0.1) is 0 Å². The number of nitrogens with two attached hydrogens (primary N) is 1. The molecule has 0 aliphatic carbocycles. The molecule has 0 aliphatic rings. The molecular formula is C11H13FN2O6S. The summed E-state index contributed by atoms with van der Waals surface area (Å²) in [6.45, 7) is -0.605. The maximum Gasteiger partial charge on any atom is 0.338 e. The lowest BCUT2D eigenvalue weighted by Gasteiger charge is -2.08. The summed E-state index contributed by atoms with van der Waals surface area (Å²) >= 11 is 0. The number of carboxylic acids is 1. The Hall–Kier alpha value is -2.04. The minimum atomic E-state index is -4.01. The fourth-order valence-electron chi connectivity index (χ4n) is 1.34. The van der Waals surface area contributed by atoms with Gasteiger partial charge in [0, 0.05) is 6.54 Å². The van der Waals surface area contributed by atoms with Crippen LogP contribution in [0.4, 0.5) is 4.39 Å². The minimum absolute atomic E-state index is 0.102. The topological polar surface area (TPSA) is 136 Å². The first-order valence-electron chi connectivity index (χ1n) is 5.62. The molecule has 0 heterocycles. The van der Waals surface area contributed by atoms with E-state index in [9.17, 15) is 22.4 Å². The van der Waals surface area contributed by atoms with Crippen molar-refractivity contribution in [2.75, 3.05) is 19.8 Å². The van der Waals surface area contributed by atoms with Crippen molar-refractivity contribution in [1.29, 1.82) is 0 Å². The molecular weight excluding hydrogens is 307 g/mol. The highest BCUT2D eigenvalue weighted by atomic mass is 32.2. The molecule has 10 heteroatoms. The number of carboxylic acid groups (broad SMARTS) is 1. The van der Waals surface area contributed by atoms with E-state index in [-0.39, 0.29) is 19.8 Å². The van der Waals surface area contributed by atoms with E-state index in [1.54, 1.807) is 0 Å². The Labute approximate surface area is 119 Å². The second-order valence-corrected chi connectivity index (χ2v) is 5.63. The molecule has 1 amide bonds. The summed E-state index contributed by atoms with van der Waals surface area (Å²) < 4.78 is 43.7. The van der Waals surface area contributed by atoms with Crippen molar-refractivity contribution in [2.45, 2.75) is 4.90 Å². The average molecular weight is 320 g/mol. The zero-order chi connectivity index (χ0) is 16.0. The van der Waals surface area contributed by atoms with Gasteiger partial charge in [-0.05, 0) is 18.2 Å². The van der Waals surface area contributed by atoms with Crippen molar-refractivity contribution in [3.63, 3.8) is 0 Å². The van der Waals surface area contributed by atoms with Gasteiger partial charge in [-0.3, -0.25) is 4.79 Å². The third-order valence-electron chi connectivity index (χ3n) is 2.26. The van der Waals surface area contributed by atoms with Crippen molar-refractivity contribution in [3.05, 3.63) is 29.6 Å². The summed E-state index contributed by atoms with van der Waals surface area (Å²) in [5, 5.41) is 8.73. The van der Waals surface area contributed by atoms with Crippen LogP contribution in [0.15, 0.2) is 23.1 Å². The van der Waals surface area contributed by atoms with Crippen LogP contribution in [0, 0.1) is 5.82 Å². The number of ether oxygens (including phenoxy) is 1. The molecule has 0 radical (unpaired) electrons. The molecule has 0 spiro atoms. The summed E-state index contributed by atoms with van der Waals surface area (Å²) in [6, 6.07) is 2.40. The van der Waals surface area contributed by atoms with Crippen molar-refractivity contribution in [2.24, 2.45) is 5.73 Å². The smallest absolute Gasteiger partial charge is 0.338 e. The van der Waals surface area contributed by atoms with E-state index in [4.69, 9.17) is 15.6 Å². The van der Waals surface area contributed by atoms with Crippen molar-refractivity contribution >= 4 is 21.9 Å². The van der Waals surface area contributed by atoms with Crippen LogP contribution in [0.3, 0.4) is 0 Å². The number of rotatable bonds is 8. The largest absolute Gasteiger partial charge is 0.478 e.